The minimum Gasteiger partial charge on any atom is -0.309 e. The number of rotatable bonds is 5. The Morgan fingerprint density at radius 1 is 0.340 bits per heavy atom. The summed E-state index contributed by atoms with van der Waals surface area (Å²) in [5.74, 6) is 0. The van der Waals surface area contributed by atoms with Crippen molar-refractivity contribution in [2.75, 3.05) is 0 Å². The van der Waals surface area contributed by atoms with Crippen LogP contribution in [0.15, 0.2) is 194 Å². The first-order valence-electron chi connectivity index (χ1n) is 18.0. The second kappa shape index (κ2) is 12.5. The van der Waals surface area contributed by atoms with Crippen molar-refractivity contribution in [1.82, 2.24) is 4.57 Å². The molecule has 0 N–H and O–H groups in total. The molecule has 0 atom stereocenters. The van der Waals surface area contributed by atoms with Crippen LogP contribution in [0.5, 0.6) is 0 Å². The Bertz CT molecular complexity index is 2940. The maximum absolute atomic E-state index is 10.4. The molecule has 10 rings (SSSR count). The van der Waals surface area contributed by atoms with E-state index in [9.17, 15) is 5.26 Å². The van der Waals surface area contributed by atoms with Crippen molar-refractivity contribution >= 4 is 43.4 Å². The van der Waals surface area contributed by atoms with Gasteiger partial charge in [0, 0.05) is 16.5 Å². The number of nitrogens with zero attached hydrogens (tertiary/aromatic N) is 2. The van der Waals surface area contributed by atoms with Crippen molar-refractivity contribution in [3.8, 4) is 56.3 Å². The Balaban J connectivity index is 1.04. The van der Waals surface area contributed by atoms with Crippen molar-refractivity contribution in [2.24, 2.45) is 0 Å². The topological polar surface area (TPSA) is 28.7 Å². The van der Waals surface area contributed by atoms with E-state index in [0.717, 1.165) is 39.0 Å². The van der Waals surface area contributed by atoms with E-state index in [1.165, 1.54) is 54.6 Å². The number of aromatic nitrogens is 1. The van der Waals surface area contributed by atoms with Crippen LogP contribution < -0.4 is 0 Å². The van der Waals surface area contributed by atoms with Crippen LogP contribution in [0.4, 0.5) is 0 Å². The van der Waals surface area contributed by atoms with Crippen LogP contribution in [0.3, 0.4) is 0 Å². The van der Waals surface area contributed by atoms with Gasteiger partial charge in [-0.15, -0.1) is 0 Å². The van der Waals surface area contributed by atoms with Gasteiger partial charge in [0.1, 0.15) is 0 Å². The molecule has 0 amide bonds. The van der Waals surface area contributed by atoms with Crippen LogP contribution in [-0.2, 0) is 0 Å². The summed E-state index contributed by atoms with van der Waals surface area (Å²) in [7, 11) is 0. The van der Waals surface area contributed by atoms with Crippen LogP contribution in [-0.4, -0.2) is 4.57 Å². The Labute approximate surface area is 308 Å². The highest BCUT2D eigenvalue weighted by Crippen LogP contribution is 2.44. The molecule has 53 heavy (non-hydrogen) atoms. The summed E-state index contributed by atoms with van der Waals surface area (Å²) in [5, 5.41) is 17.8. The molecule has 2 nitrogen and oxygen atoms in total. The Kier molecular flexibility index (Phi) is 7.23. The maximum atomic E-state index is 10.4. The van der Waals surface area contributed by atoms with Gasteiger partial charge in [0.05, 0.1) is 22.7 Å². The molecule has 0 fully saturated rings. The van der Waals surface area contributed by atoms with Gasteiger partial charge >= 0.3 is 0 Å². The van der Waals surface area contributed by atoms with Gasteiger partial charge in [-0.1, -0.05) is 164 Å². The van der Waals surface area contributed by atoms with E-state index >= 15 is 0 Å². The molecule has 1 heterocycles. The lowest BCUT2D eigenvalue weighted by Crippen LogP contribution is -1.96. The van der Waals surface area contributed by atoms with Gasteiger partial charge in [-0.3, -0.25) is 0 Å². The third-order valence-electron chi connectivity index (χ3n) is 10.6. The van der Waals surface area contributed by atoms with E-state index in [1.807, 2.05) is 6.07 Å². The molecule has 10 aromatic rings. The van der Waals surface area contributed by atoms with Gasteiger partial charge in [-0.05, 0) is 96.4 Å². The quantitative estimate of drug-likeness (QED) is 0.167. The fourth-order valence-electron chi connectivity index (χ4n) is 8.27. The zero-order chi connectivity index (χ0) is 35.3. The van der Waals surface area contributed by atoms with Crippen LogP contribution in [0.25, 0.3) is 93.5 Å². The van der Waals surface area contributed by atoms with E-state index in [1.54, 1.807) is 0 Å². The second-order valence-electron chi connectivity index (χ2n) is 13.6. The fourth-order valence-corrected chi connectivity index (χ4v) is 8.27. The van der Waals surface area contributed by atoms with Crippen LogP contribution in [0.1, 0.15) is 5.56 Å². The van der Waals surface area contributed by atoms with Crippen LogP contribution >= 0.6 is 0 Å². The Hall–Kier alpha value is -7.21. The predicted molar refractivity (Wildman–Crippen MR) is 222 cm³/mol. The molecular formula is C51H32N2. The molecule has 1 aromatic heterocycles. The first-order chi connectivity index (χ1) is 26.3. The largest absolute Gasteiger partial charge is 0.309 e. The molecule has 0 saturated heterocycles. The monoisotopic (exact) mass is 672 g/mol. The van der Waals surface area contributed by atoms with Crippen LogP contribution in [0, 0.1) is 11.3 Å². The summed E-state index contributed by atoms with van der Waals surface area (Å²) in [6.07, 6.45) is 0. The molecule has 0 aliphatic rings. The van der Waals surface area contributed by atoms with E-state index < -0.39 is 0 Å². The highest BCUT2D eigenvalue weighted by Gasteiger charge is 2.17. The average molecular weight is 673 g/mol. The summed E-state index contributed by atoms with van der Waals surface area (Å²) >= 11 is 0. The predicted octanol–water partition coefficient (Wildman–Crippen LogP) is 13.6. The number of hydrogen-bond acceptors (Lipinski definition) is 1. The van der Waals surface area contributed by atoms with E-state index in [4.69, 9.17) is 0 Å². The lowest BCUT2D eigenvalue weighted by molar-refractivity contribution is 1.18. The van der Waals surface area contributed by atoms with Gasteiger partial charge in [0.15, 0.2) is 0 Å². The molecular weight excluding hydrogens is 641 g/mol. The molecule has 0 aliphatic carbocycles. The molecule has 0 unspecified atom stereocenters. The fraction of sp³-hybridized carbons (Fsp3) is 0. The molecule has 0 bridgehead atoms. The standard InChI is InChI=1S/C51H32N2/c52-33-39-32-40(53-48-23-10-8-17-42(48)43-18-9-11-24-49(43)53)29-30-41(39)38-16-12-15-37(31-38)34-25-27-36(28-26-34)51-46-21-6-4-19-44(46)50(35-13-2-1-3-14-35)45-20-5-7-22-47(45)51/h1-32H. The van der Waals surface area contributed by atoms with Gasteiger partial charge < -0.3 is 4.57 Å². The highest BCUT2D eigenvalue weighted by molar-refractivity contribution is 6.21. The van der Waals surface area contributed by atoms with Gasteiger partial charge in [-0.25, -0.2) is 0 Å². The second-order valence-corrected chi connectivity index (χ2v) is 13.6. The molecule has 0 aliphatic heterocycles. The van der Waals surface area contributed by atoms with Crippen molar-refractivity contribution in [2.45, 2.75) is 0 Å². The van der Waals surface area contributed by atoms with Crippen LogP contribution in [0.2, 0.25) is 0 Å². The number of para-hydroxylation sites is 2. The van der Waals surface area contributed by atoms with E-state index in [0.29, 0.717) is 5.56 Å². The van der Waals surface area contributed by atoms with Crippen molar-refractivity contribution < 1.29 is 0 Å². The normalized spacial score (nSPS) is 11.4. The third kappa shape index (κ3) is 5.02. The summed E-state index contributed by atoms with van der Waals surface area (Å²) in [5.41, 5.74) is 13.0. The third-order valence-corrected chi connectivity index (χ3v) is 10.6. The van der Waals surface area contributed by atoms with Gasteiger partial charge in [0.25, 0.3) is 0 Å². The first kappa shape index (κ1) is 30.6. The summed E-state index contributed by atoms with van der Waals surface area (Å²) in [6, 6.07) is 71.4. The lowest BCUT2D eigenvalue weighted by atomic mass is 9.85. The molecule has 0 radical (unpaired) electrons. The number of nitriles is 1. The van der Waals surface area contributed by atoms with Crippen molar-refractivity contribution in [3.05, 3.63) is 200 Å². The highest BCUT2D eigenvalue weighted by atomic mass is 15.0. The minimum atomic E-state index is 0.648. The zero-order valence-electron chi connectivity index (χ0n) is 28.9. The molecule has 0 spiro atoms. The Morgan fingerprint density at radius 2 is 0.792 bits per heavy atom. The maximum Gasteiger partial charge on any atom is 0.0998 e. The van der Waals surface area contributed by atoms with Gasteiger partial charge in [0.2, 0.25) is 0 Å². The van der Waals surface area contributed by atoms with E-state index in [-0.39, 0.29) is 0 Å². The van der Waals surface area contributed by atoms with Crippen molar-refractivity contribution in [1.29, 1.82) is 5.26 Å². The lowest BCUT2D eigenvalue weighted by Gasteiger charge is -2.18. The molecule has 9 aromatic carbocycles. The number of benzene rings is 9. The smallest absolute Gasteiger partial charge is 0.0998 e. The van der Waals surface area contributed by atoms with E-state index in [2.05, 4.69) is 199 Å². The summed E-state index contributed by atoms with van der Waals surface area (Å²) in [4.78, 5) is 0. The summed E-state index contributed by atoms with van der Waals surface area (Å²) in [6.45, 7) is 0. The number of fused-ring (bicyclic) bond motifs is 5. The van der Waals surface area contributed by atoms with Gasteiger partial charge in [-0.2, -0.15) is 5.26 Å². The zero-order valence-corrected chi connectivity index (χ0v) is 28.9. The Morgan fingerprint density at radius 3 is 1.36 bits per heavy atom. The number of hydrogen-bond donors (Lipinski definition) is 0. The SMILES string of the molecule is N#Cc1cc(-n2c3ccccc3c3ccccc32)ccc1-c1cccc(-c2ccc(-c3c4ccccc4c(-c4ccccc4)c4ccccc34)cc2)c1. The molecule has 0 saturated carbocycles. The minimum absolute atomic E-state index is 0.648. The van der Waals surface area contributed by atoms with Crippen molar-refractivity contribution in [3.63, 3.8) is 0 Å². The summed E-state index contributed by atoms with van der Waals surface area (Å²) < 4.78 is 2.26. The average Bonchev–Trinajstić information content (AvgIpc) is 3.57. The first-order valence-corrected chi connectivity index (χ1v) is 18.0. The molecule has 2 heteroatoms. The molecule has 246 valence electrons.